The standard InChI is InChI=1S/C30H38N2O5.BrH/c1-22-11-9-17-26(30(35)36-2)28(22)31-27(33)21-32(19-23-12-5-3-6-13-23)18-10-14-24(20-32)29(34)37-25-15-7-4-8-16-25;/h3,5-6,9,11-13,17,24-25H,4,7-8,10,14-16,18-21H2,1-2H3;1H. The fourth-order valence-electron chi connectivity index (χ4n) is 5.87. The Morgan fingerprint density at radius 3 is 2.39 bits per heavy atom. The zero-order valence-electron chi connectivity index (χ0n) is 22.4. The van der Waals surface area contributed by atoms with Gasteiger partial charge in [0.1, 0.15) is 18.6 Å². The Labute approximate surface area is 236 Å². The highest BCUT2D eigenvalue weighted by atomic mass is 79.9. The number of quaternary nitrogens is 1. The maximum Gasteiger partial charge on any atom is 0.339 e. The van der Waals surface area contributed by atoms with Gasteiger partial charge in [0.05, 0.1) is 31.5 Å². The Hall–Kier alpha value is -2.71. The number of amides is 1. The Kier molecular flexibility index (Phi) is 10.9. The van der Waals surface area contributed by atoms with Crippen LogP contribution in [0, 0.1) is 12.8 Å². The molecule has 0 aromatic heterocycles. The van der Waals surface area contributed by atoms with Crippen molar-refractivity contribution in [3.63, 3.8) is 0 Å². The highest BCUT2D eigenvalue weighted by Crippen LogP contribution is 2.30. The number of esters is 2. The van der Waals surface area contributed by atoms with Crippen LogP contribution < -0.4 is 22.3 Å². The summed E-state index contributed by atoms with van der Waals surface area (Å²) >= 11 is 0. The van der Waals surface area contributed by atoms with Crippen molar-refractivity contribution in [2.24, 2.45) is 5.92 Å². The first-order chi connectivity index (χ1) is 17.9. The van der Waals surface area contributed by atoms with Crippen LogP contribution in [0.3, 0.4) is 0 Å². The quantitative estimate of drug-likeness (QED) is 0.378. The summed E-state index contributed by atoms with van der Waals surface area (Å²) < 4.78 is 11.3. The predicted octanol–water partition coefficient (Wildman–Crippen LogP) is 2.03. The number of carbonyl (C=O) groups is 3. The molecule has 0 spiro atoms. The number of likely N-dealkylation sites (tertiary alicyclic amines) is 1. The molecule has 2 aromatic carbocycles. The van der Waals surface area contributed by atoms with Gasteiger partial charge in [-0.3, -0.25) is 9.59 Å². The molecule has 7 nitrogen and oxygen atoms in total. The molecule has 4 rings (SSSR count). The lowest BCUT2D eigenvalue weighted by molar-refractivity contribution is -0.940. The molecule has 0 bridgehead atoms. The number of halogens is 1. The molecule has 1 saturated carbocycles. The largest absolute Gasteiger partial charge is 1.00 e. The number of anilines is 1. The number of nitrogens with one attached hydrogen (secondary N) is 1. The first-order valence-corrected chi connectivity index (χ1v) is 13.5. The van der Waals surface area contributed by atoms with Crippen LogP contribution >= 0.6 is 0 Å². The fraction of sp³-hybridized carbons (Fsp3) is 0.500. The van der Waals surface area contributed by atoms with Crippen LogP contribution in [0.15, 0.2) is 48.5 Å². The lowest BCUT2D eigenvalue weighted by atomic mass is 9.93. The summed E-state index contributed by atoms with van der Waals surface area (Å²) in [6.45, 7) is 4.07. The number of rotatable bonds is 8. The molecule has 206 valence electrons. The normalized spacial score (nSPS) is 21.6. The van der Waals surface area contributed by atoms with Crippen molar-refractivity contribution in [1.29, 1.82) is 0 Å². The van der Waals surface area contributed by atoms with Gasteiger partial charge in [-0.05, 0) is 57.1 Å². The lowest BCUT2D eigenvalue weighted by Crippen LogP contribution is -3.00. The number of piperidine rings is 1. The molecule has 1 amide bonds. The molecule has 0 radical (unpaired) electrons. The van der Waals surface area contributed by atoms with Gasteiger partial charge in [-0.1, -0.05) is 48.9 Å². The van der Waals surface area contributed by atoms with Gasteiger partial charge >= 0.3 is 11.9 Å². The van der Waals surface area contributed by atoms with Crippen molar-refractivity contribution in [3.05, 3.63) is 65.2 Å². The Bertz CT molecular complexity index is 1100. The third kappa shape index (κ3) is 7.67. The third-order valence-electron chi connectivity index (χ3n) is 7.74. The van der Waals surface area contributed by atoms with E-state index >= 15 is 0 Å². The second kappa shape index (κ2) is 13.9. The second-order valence-electron chi connectivity index (χ2n) is 10.6. The molecule has 1 aliphatic carbocycles. The molecule has 2 unspecified atom stereocenters. The summed E-state index contributed by atoms with van der Waals surface area (Å²) in [5.74, 6) is -1.02. The summed E-state index contributed by atoms with van der Waals surface area (Å²) in [7, 11) is 1.33. The van der Waals surface area contributed by atoms with E-state index in [9.17, 15) is 14.4 Å². The Morgan fingerprint density at radius 2 is 1.68 bits per heavy atom. The van der Waals surface area contributed by atoms with E-state index < -0.39 is 5.97 Å². The number of ether oxygens (including phenoxy) is 2. The fourth-order valence-corrected chi connectivity index (χ4v) is 5.87. The molecule has 38 heavy (non-hydrogen) atoms. The minimum absolute atomic E-state index is 0. The minimum atomic E-state index is -0.490. The molecular formula is C30H39BrN2O5. The summed E-state index contributed by atoms with van der Waals surface area (Å²) in [6.07, 6.45) is 7.00. The average molecular weight is 588 g/mol. The van der Waals surface area contributed by atoms with Crippen LogP contribution in [0.4, 0.5) is 5.69 Å². The van der Waals surface area contributed by atoms with Crippen molar-refractivity contribution < 1.29 is 45.3 Å². The van der Waals surface area contributed by atoms with Gasteiger partial charge in [-0.2, -0.15) is 0 Å². The number of aryl methyl sites for hydroxylation is 1. The van der Waals surface area contributed by atoms with Gasteiger partial charge < -0.3 is 36.3 Å². The summed E-state index contributed by atoms with van der Waals surface area (Å²) in [5, 5.41) is 2.99. The molecule has 1 heterocycles. The summed E-state index contributed by atoms with van der Waals surface area (Å²) in [6, 6.07) is 15.4. The monoisotopic (exact) mass is 586 g/mol. The van der Waals surface area contributed by atoms with E-state index in [0.717, 1.165) is 56.2 Å². The van der Waals surface area contributed by atoms with E-state index in [1.807, 2.05) is 31.2 Å². The first-order valence-electron chi connectivity index (χ1n) is 13.5. The maximum atomic E-state index is 13.5. The Balaban J connectivity index is 0.00000400. The van der Waals surface area contributed by atoms with Crippen molar-refractivity contribution in [3.8, 4) is 0 Å². The van der Waals surface area contributed by atoms with Gasteiger partial charge in [0.25, 0.3) is 5.91 Å². The van der Waals surface area contributed by atoms with Gasteiger partial charge in [0.2, 0.25) is 0 Å². The van der Waals surface area contributed by atoms with Gasteiger partial charge in [0.15, 0.2) is 6.54 Å². The topological polar surface area (TPSA) is 81.7 Å². The smallest absolute Gasteiger partial charge is 0.339 e. The highest BCUT2D eigenvalue weighted by molar-refractivity contribution is 6.02. The number of carbonyl (C=O) groups excluding carboxylic acids is 3. The number of hydrogen-bond acceptors (Lipinski definition) is 5. The van der Waals surface area contributed by atoms with E-state index in [0.29, 0.717) is 28.8 Å². The number of nitrogens with zero attached hydrogens (tertiary/aromatic N) is 1. The van der Waals surface area contributed by atoms with E-state index in [2.05, 4.69) is 17.4 Å². The van der Waals surface area contributed by atoms with Crippen LogP contribution in [0.5, 0.6) is 0 Å². The van der Waals surface area contributed by atoms with Crippen molar-refractivity contribution in [2.45, 2.75) is 64.5 Å². The molecule has 8 heteroatoms. The van der Waals surface area contributed by atoms with Crippen LogP contribution in [-0.2, 0) is 25.6 Å². The molecule has 1 N–H and O–H groups in total. The van der Waals surface area contributed by atoms with E-state index in [4.69, 9.17) is 9.47 Å². The van der Waals surface area contributed by atoms with E-state index in [1.54, 1.807) is 12.1 Å². The summed E-state index contributed by atoms with van der Waals surface area (Å²) in [5.41, 5.74) is 2.72. The van der Waals surface area contributed by atoms with Crippen LogP contribution in [0.1, 0.15) is 66.4 Å². The molecular weight excluding hydrogens is 548 g/mol. The second-order valence-corrected chi connectivity index (χ2v) is 10.6. The molecule has 2 atom stereocenters. The van der Waals surface area contributed by atoms with Gasteiger partial charge in [-0.15, -0.1) is 0 Å². The van der Waals surface area contributed by atoms with Crippen molar-refractivity contribution in [1.82, 2.24) is 0 Å². The predicted molar refractivity (Wildman–Crippen MR) is 142 cm³/mol. The lowest BCUT2D eigenvalue weighted by Gasteiger charge is -2.43. The Morgan fingerprint density at radius 1 is 0.947 bits per heavy atom. The van der Waals surface area contributed by atoms with Gasteiger partial charge in [0, 0.05) is 5.56 Å². The minimum Gasteiger partial charge on any atom is -1.00 e. The van der Waals surface area contributed by atoms with Crippen molar-refractivity contribution in [2.75, 3.05) is 32.1 Å². The number of para-hydroxylation sites is 1. The van der Waals surface area contributed by atoms with Gasteiger partial charge in [-0.25, -0.2) is 4.79 Å². The SMILES string of the molecule is COC(=O)c1cccc(C)c1NC(=O)C[N+]1(Cc2ccccc2)CCCC(C(=O)OC2CCCCC2)C1.[Br-]. The average Bonchev–Trinajstić information content (AvgIpc) is 2.90. The zero-order valence-corrected chi connectivity index (χ0v) is 24.0. The maximum absolute atomic E-state index is 13.5. The van der Waals surface area contributed by atoms with Crippen LogP contribution in [-0.4, -0.2) is 55.2 Å². The van der Waals surface area contributed by atoms with E-state index in [1.165, 1.54) is 13.5 Å². The molecule has 2 aliphatic rings. The highest BCUT2D eigenvalue weighted by Gasteiger charge is 2.41. The number of benzene rings is 2. The van der Waals surface area contributed by atoms with Crippen LogP contribution in [0.25, 0.3) is 0 Å². The number of hydrogen-bond donors (Lipinski definition) is 1. The number of methoxy groups -OCH3 is 1. The van der Waals surface area contributed by atoms with Crippen LogP contribution in [0.2, 0.25) is 0 Å². The zero-order chi connectivity index (χ0) is 26.3. The molecule has 2 aromatic rings. The molecule has 1 saturated heterocycles. The van der Waals surface area contributed by atoms with E-state index in [-0.39, 0.29) is 47.4 Å². The first kappa shape index (κ1) is 29.8. The third-order valence-corrected chi connectivity index (χ3v) is 7.74. The van der Waals surface area contributed by atoms with Crippen molar-refractivity contribution >= 4 is 23.5 Å². The summed E-state index contributed by atoms with van der Waals surface area (Å²) in [4.78, 5) is 39.0. The molecule has 1 aliphatic heterocycles. The molecule has 2 fully saturated rings.